The quantitative estimate of drug-likeness (QED) is 0.593. The zero-order valence-corrected chi connectivity index (χ0v) is 16.0. The highest BCUT2D eigenvalue weighted by Gasteiger charge is 2.78. The van der Waals surface area contributed by atoms with E-state index in [1.807, 2.05) is 54.6 Å². The van der Waals surface area contributed by atoms with Crippen molar-refractivity contribution in [2.75, 3.05) is 20.2 Å². The third-order valence-electron chi connectivity index (χ3n) is 6.61. The van der Waals surface area contributed by atoms with E-state index >= 15 is 0 Å². The lowest BCUT2D eigenvalue weighted by Crippen LogP contribution is -2.54. The van der Waals surface area contributed by atoms with Crippen LogP contribution in [0, 0.1) is 11.3 Å². The molecule has 5 rings (SSSR count). The van der Waals surface area contributed by atoms with Gasteiger partial charge in [0, 0.05) is 19.0 Å². The van der Waals surface area contributed by atoms with Crippen LogP contribution in [0.2, 0.25) is 0 Å². The molecule has 2 bridgehead atoms. The number of rotatable bonds is 3. The Hall–Kier alpha value is -3.12. The first-order chi connectivity index (χ1) is 14.1. The van der Waals surface area contributed by atoms with Gasteiger partial charge in [0.1, 0.15) is 11.0 Å². The van der Waals surface area contributed by atoms with Crippen LogP contribution in [0.1, 0.15) is 22.8 Å². The fourth-order valence-electron chi connectivity index (χ4n) is 5.61. The van der Waals surface area contributed by atoms with E-state index in [0.717, 1.165) is 23.0 Å². The molecule has 2 fully saturated rings. The minimum atomic E-state index is -1.07. The lowest BCUT2D eigenvalue weighted by Gasteiger charge is -2.43. The Morgan fingerprint density at radius 2 is 1.90 bits per heavy atom. The lowest BCUT2D eigenvalue weighted by molar-refractivity contribution is -0.163. The largest absolute Gasteiger partial charge is 0.468 e. The van der Waals surface area contributed by atoms with Gasteiger partial charge in [0.05, 0.1) is 19.5 Å². The monoisotopic (exact) mass is 391 g/mol. The van der Waals surface area contributed by atoms with Crippen molar-refractivity contribution in [1.29, 1.82) is 0 Å². The van der Waals surface area contributed by atoms with E-state index in [2.05, 4.69) is 6.58 Å². The summed E-state index contributed by atoms with van der Waals surface area (Å²) in [6.45, 7) is 3.95. The summed E-state index contributed by atoms with van der Waals surface area (Å²) in [7, 11) is 1.38. The molecule has 3 aliphatic rings. The highest BCUT2D eigenvalue weighted by Crippen LogP contribution is 2.71. The van der Waals surface area contributed by atoms with Crippen molar-refractivity contribution in [2.24, 2.45) is 11.3 Å². The van der Waals surface area contributed by atoms with Crippen molar-refractivity contribution >= 4 is 12.1 Å². The minimum absolute atomic E-state index is 0.150. The molecule has 2 saturated heterocycles. The first-order valence-corrected chi connectivity index (χ1v) is 9.58. The molecule has 4 atom stereocenters. The van der Waals surface area contributed by atoms with Crippen LogP contribution >= 0.6 is 0 Å². The summed E-state index contributed by atoms with van der Waals surface area (Å²) in [6, 6.07) is 17.7. The number of carbonyl (C=O) groups excluding carboxylic acids is 2. The summed E-state index contributed by atoms with van der Waals surface area (Å²) in [5, 5.41) is 0. The molecular weight excluding hydrogens is 370 g/mol. The number of hydrogen-bond donors (Lipinski definition) is 0. The summed E-state index contributed by atoms with van der Waals surface area (Å²) < 4.78 is 17.0. The second kappa shape index (κ2) is 6.19. The summed E-state index contributed by atoms with van der Waals surface area (Å²) in [5.74, 6) is -0.625. The average Bonchev–Trinajstić information content (AvgIpc) is 3.40. The molecule has 3 heterocycles. The van der Waals surface area contributed by atoms with Gasteiger partial charge < -0.3 is 19.1 Å². The van der Waals surface area contributed by atoms with E-state index in [0.29, 0.717) is 6.54 Å². The number of nitrogens with zero attached hydrogens (tertiary/aromatic N) is 1. The third kappa shape index (κ3) is 2.04. The summed E-state index contributed by atoms with van der Waals surface area (Å²) in [6.07, 6.45) is 0.269. The van der Waals surface area contributed by atoms with Gasteiger partial charge in [0.15, 0.2) is 0 Å². The maximum atomic E-state index is 13.4. The van der Waals surface area contributed by atoms with E-state index < -0.39 is 17.1 Å². The Kier molecular flexibility index (Phi) is 3.83. The van der Waals surface area contributed by atoms with Crippen LogP contribution in [0.3, 0.4) is 0 Å². The van der Waals surface area contributed by atoms with Gasteiger partial charge in [-0.2, -0.15) is 0 Å². The topological polar surface area (TPSA) is 65.1 Å². The van der Waals surface area contributed by atoms with E-state index in [-0.39, 0.29) is 24.5 Å². The maximum Gasteiger partial charge on any atom is 0.414 e. The summed E-state index contributed by atoms with van der Waals surface area (Å²) >= 11 is 0. The fraction of sp³-hybridized carbons (Fsp3) is 0.304. The van der Waals surface area contributed by atoms with Crippen LogP contribution in [-0.2, 0) is 24.6 Å². The Morgan fingerprint density at radius 3 is 2.62 bits per heavy atom. The van der Waals surface area contributed by atoms with Crippen molar-refractivity contribution in [3.05, 3.63) is 84.1 Å². The zero-order chi connectivity index (χ0) is 20.2. The zero-order valence-electron chi connectivity index (χ0n) is 16.0. The van der Waals surface area contributed by atoms with Crippen LogP contribution in [0.4, 0.5) is 4.79 Å². The van der Waals surface area contributed by atoms with Gasteiger partial charge in [-0.15, -0.1) is 0 Å². The fourth-order valence-corrected chi connectivity index (χ4v) is 5.61. The van der Waals surface area contributed by atoms with Crippen molar-refractivity contribution in [3.8, 4) is 0 Å². The van der Waals surface area contributed by atoms with Gasteiger partial charge in [-0.3, -0.25) is 4.79 Å². The molecule has 0 radical (unpaired) electrons. The standard InChI is InChI=1S/C23H21NO5/c1-3-28-21(26)24-13-18-19-16-11-7-8-12-17(16)23(29-19,15-9-5-4-6-10-15)22(18,14-24)20(25)27-2/h3-12,18-19H,1,13-14H2,2H3/t18-,19+,22-,23-/m0/s1. The van der Waals surface area contributed by atoms with Crippen LogP contribution in [0.15, 0.2) is 67.4 Å². The van der Waals surface area contributed by atoms with Crippen LogP contribution in [0.25, 0.3) is 0 Å². The molecular formula is C23H21NO5. The number of likely N-dealkylation sites (tertiary alicyclic amines) is 1. The first kappa shape index (κ1) is 17.9. The number of hydrogen-bond acceptors (Lipinski definition) is 5. The Balaban J connectivity index is 1.77. The van der Waals surface area contributed by atoms with Gasteiger partial charge in [0.2, 0.25) is 0 Å². The van der Waals surface area contributed by atoms with Crippen LogP contribution < -0.4 is 0 Å². The summed E-state index contributed by atoms with van der Waals surface area (Å²) in [4.78, 5) is 27.5. The molecule has 6 heteroatoms. The highest BCUT2D eigenvalue weighted by molar-refractivity contribution is 5.85. The molecule has 0 saturated carbocycles. The second-order valence-corrected chi connectivity index (χ2v) is 7.67. The number of ether oxygens (including phenoxy) is 3. The van der Waals surface area contributed by atoms with E-state index in [1.54, 1.807) is 4.90 Å². The third-order valence-corrected chi connectivity index (χ3v) is 6.61. The second-order valence-electron chi connectivity index (χ2n) is 7.67. The van der Waals surface area contributed by atoms with Gasteiger partial charge >= 0.3 is 12.1 Å². The SMILES string of the molecule is C=COC(=O)N1C[C@H]2[C@@H]3O[C@@](c4ccccc4)(c4ccccc43)[C@@]2(C(=O)OC)C1. The normalized spacial score (nSPS) is 31.1. The molecule has 0 spiro atoms. The van der Waals surface area contributed by atoms with Gasteiger partial charge in [-0.05, 0) is 16.7 Å². The van der Waals surface area contributed by atoms with Crippen LogP contribution in [-0.4, -0.2) is 37.2 Å². The molecule has 3 aliphatic heterocycles. The van der Waals surface area contributed by atoms with Crippen molar-refractivity contribution < 1.29 is 23.8 Å². The predicted octanol–water partition coefficient (Wildman–Crippen LogP) is 3.39. The molecule has 1 amide bonds. The Labute approximate surface area is 168 Å². The number of methoxy groups -OCH3 is 1. The van der Waals surface area contributed by atoms with Gasteiger partial charge in [-0.25, -0.2) is 4.79 Å². The molecule has 148 valence electrons. The van der Waals surface area contributed by atoms with Crippen LogP contribution in [0.5, 0.6) is 0 Å². The molecule has 2 aromatic carbocycles. The van der Waals surface area contributed by atoms with E-state index in [4.69, 9.17) is 14.2 Å². The molecule has 29 heavy (non-hydrogen) atoms. The first-order valence-electron chi connectivity index (χ1n) is 9.58. The van der Waals surface area contributed by atoms with Gasteiger partial charge in [-0.1, -0.05) is 61.2 Å². The Bertz CT molecular complexity index is 1010. The molecule has 0 aromatic heterocycles. The number of amides is 1. The van der Waals surface area contributed by atoms with Gasteiger partial charge in [0.25, 0.3) is 0 Å². The number of benzene rings is 2. The number of fused-ring (bicyclic) bond motifs is 8. The van der Waals surface area contributed by atoms with Crippen molar-refractivity contribution in [2.45, 2.75) is 11.7 Å². The summed E-state index contributed by atoms with van der Waals surface area (Å²) in [5.41, 5.74) is 0.789. The van der Waals surface area contributed by atoms with Crippen molar-refractivity contribution in [1.82, 2.24) is 4.90 Å². The molecule has 0 unspecified atom stereocenters. The Morgan fingerprint density at radius 1 is 1.17 bits per heavy atom. The highest BCUT2D eigenvalue weighted by atomic mass is 16.6. The maximum absolute atomic E-state index is 13.4. The van der Waals surface area contributed by atoms with E-state index in [9.17, 15) is 9.59 Å². The molecule has 6 nitrogen and oxygen atoms in total. The smallest absolute Gasteiger partial charge is 0.414 e. The number of carbonyl (C=O) groups is 2. The average molecular weight is 391 g/mol. The van der Waals surface area contributed by atoms with E-state index in [1.165, 1.54) is 7.11 Å². The number of esters is 1. The lowest BCUT2D eigenvalue weighted by atomic mass is 9.57. The minimum Gasteiger partial charge on any atom is -0.468 e. The predicted molar refractivity (Wildman–Crippen MR) is 104 cm³/mol. The van der Waals surface area contributed by atoms with Crippen molar-refractivity contribution in [3.63, 3.8) is 0 Å². The molecule has 0 aliphatic carbocycles. The molecule has 0 N–H and O–H groups in total. The molecule has 2 aromatic rings.